The molecule has 446 valence electrons. The third kappa shape index (κ3) is 62.5. The van der Waals surface area contributed by atoms with Crippen molar-refractivity contribution in [1.82, 2.24) is 0 Å². The van der Waals surface area contributed by atoms with E-state index >= 15 is 0 Å². The summed E-state index contributed by atoms with van der Waals surface area (Å²) < 4.78 is 17.0. The average Bonchev–Trinajstić information content (AvgIpc) is 3.42. The zero-order valence-corrected chi connectivity index (χ0v) is 51.3. The van der Waals surface area contributed by atoms with E-state index in [1.807, 2.05) is 0 Å². The first-order chi connectivity index (χ1) is 37.5. The van der Waals surface area contributed by atoms with Gasteiger partial charge in [0.15, 0.2) is 6.10 Å². The van der Waals surface area contributed by atoms with E-state index in [9.17, 15) is 14.4 Å². The van der Waals surface area contributed by atoms with Gasteiger partial charge in [0.25, 0.3) is 0 Å². The molecule has 1 unspecified atom stereocenters. The number of allylic oxidation sites excluding steroid dienone is 6. The molecule has 0 fully saturated rings. The first kappa shape index (κ1) is 73.6. The zero-order chi connectivity index (χ0) is 55.0. The van der Waals surface area contributed by atoms with Gasteiger partial charge >= 0.3 is 17.9 Å². The van der Waals surface area contributed by atoms with Crippen molar-refractivity contribution >= 4 is 17.9 Å². The van der Waals surface area contributed by atoms with Crippen molar-refractivity contribution in [1.29, 1.82) is 0 Å². The van der Waals surface area contributed by atoms with Crippen LogP contribution in [0.5, 0.6) is 0 Å². The lowest BCUT2D eigenvalue weighted by atomic mass is 10.0. The van der Waals surface area contributed by atoms with Gasteiger partial charge in [0.2, 0.25) is 0 Å². The second kappa shape index (κ2) is 65.2. The second-order valence-electron chi connectivity index (χ2n) is 23.1. The highest BCUT2D eigenvalue weighted by Gasteiger charge is 2.19. The Balaban J connectivity index is 4.30. The van der Waals surface area contributed by atoms with Crippen molar-refractivity contribution in [3.63, 3.8) is 0 Å². The summed E-state index contributed by atoms with van der Waals surface area (Å²) in [5.74, 6) is -0.854. The standard InChI is InChI=1S/C70H130O6/c1-4-7-10-13-16-19-22-25-28-30-32-34-35-36-38-39-42-45-48-51-54-57-60-63-69(72)75-66-67(65-74-68(71)62-59-56-53-50-47-44-41-27-24-21-18-15-12-9-6-3)76-70(73)64-61-58-55-52-49-46-43-40-37-33-31-29-26-23-20-17-14-11-8-5-2/h22,25,27,30,32,41,67H,4-21,23-24,26,28-29,31,33-40,42-66H2,1-3H3/b25-22-,32-30-,41-27-. The molecule has 1 atom stereocenters. The maximum Gasteiger partial charge on any atom is 0.306 e. The van der Waals surface area contributed by atoms with E-state index in [0.29, 0.717) is 19.3 Å². The van der Waals surface area contributed by atoms with Crippen LogP contribution in [0.4, 0.5) is 0 Å². The van der Waals surface area contributed by atoms with Gasteiger partial charge in [0.1, 0.15) is 13.2 Å². The summed E-state index contributed by atoms with van der Waals surface area (Å²) in [5, 5.41) is 0. The maximum atomic E-state index is 12.9. The molecule has 0 N–H and O–H groups in total. The van der Waals surface area contributed by atoms with Gasteiger partial charge in [-0.25, -0.2) is 0 Å². The number of ether oxygens (including phenoxy) is 3. The quantitative estimate of drug-likeness (QED) is 0.0261. The molecule has 76 heavy (non-hydrogen) atoms. The first-order valence-corrected chi connectivity index (χ1v) is 34.0. The van der Waals surface area contributed by atoms with Crippen LogP contribution in [0.15, 0.2) is 36.5 Å². The Morgan fingerprint density at radius 2 is 0.474 bits per heavy atom. The minimum absolute atomic E-state index is 0.0713. The fourth-order valence-electron chi connectivity index (χ4n) is 10.2. The summed E-state index contributed by atoms with van der Waals surface area (Å²) in [5.41, 5.74) is 0. The van der Waals surface area contributed by atoms with Gasteiger partial charge in [-0.05, 0) is 77.0 Å². The van der Waals surface area contributed by atoms with Crippen LogP contribution in [0, 0.1) is 0 Å². The molecule has 0 aromatic heterocycles. The highest BCUT2D eigenvalue weighted by Crippen LogP contribution is 2.18. The van der Waals surface area contributed by atoms with Crippen molar-refractivity contribution in [3.05, 3.63) is 36.5 Å². The number of hydrogen-bond acceptors (Lipinski definition) is 6. The Morgan fingerprint density at radius 1 is 0.263 bits per heavy atom. The van der Waals surface area contributed by atoms with Crippen molar-refractivity contribution in [2.24, 2.45) is 0 Å². The van der Waals surface area contributed by atoms with E-state index in [0.717, 1.165) is 70.6 Å². The molecule has 6 nitrogen and oxygen atoms in total. The molecular weight excluding hydrogens is 937 g/mol. The van der Waals surface area contributed by atoms with Gasteiger partial charge < -0.3 is 14.2 Å². The number of carbonyl (C=O) groups is 3. The van der Waals surface area contributed by atoms with Gasteiger partial charge in [-0.1, -0.05) is 314 Å². The van der Waals surface area contributed by atoms with Crippen LogP contribution in [0.3, 0.4) is 0 Å². The summed E-state index contributed by atoms with van der Waals surface area (Å²) in [6.45, 7) is 6.69. The Hall–Kier alpha value is -2.37. The van der Waals surface area contributed by atoms with E-state index < -0.39 is 6.10 Å². The molecule has 0 radical (unpaired) electrons. The van der Waals surface area contributed by atoms with Crippen molar-refractivity contribution in [2.45, 2.75) is 380 Å². The molecule has 6 heteroatoms. The molecule has 0 aliphatic carbocycles. The van der Waals surface area contributed by atoms with Crippen LogP contribution < -0.4 is 0 Å². The molecule has 0 aromatic carbocycles. The molecule has 0 heterocycles. The fourth-order valence-corrected chi connectivity index (χ4v) is 10.2. The molecule has 0 bridgehead atoms. The smallest absolute Gasteiger partial charge is 0.306 e. The lowest BCUT2D eigenvalue weighted by molar-refractivity contribution is -0.167. The number of carbonyl (C=O) groups excluding carboxylic acids is 3. The molecule has 0 aliphatic rings. The highest BCUT2D eigenvalue weighted by atomic mass is 16.6. The molecule has 0 saturated heterocycles. The Kier molecular flexibility index (Phi) is 63.1. The van der Waals surface area contributed by atoms with Gasteiger partial charge in [-0.15, -0.1) is 0 Å². The number of rotatable bonds is 63. The Morgan fingerprint density at radius 3 is 0.737 bits per heavy atom. The lowest BCUT2D eigenvalue weighted by Gasteiger charge is -2.18. The fraction of sp³-hybridized carbons (Fsp3) is 0.871. The summed E-state index contributed by atoms with van der Waals surface area (Å²) >= 11 is 0. The molecule has 0 aromatic rings. The van der Waals surface area contributed by atoms with Crippen LogP contribution in [-0.4, -0.2) is 37.2 Å². The summed E-state index contributed by atoms with van der Waals surface area (Å²) in [7, 11) is 0. The second-order valence-corrected chi connectivity index (χ2v) is 23.1. The lowest BCUT2D eigenvalue weighted by Crippen LogP contribution is -2.30. The largest absolute Gasteiger partial charge is 0.462 e. The van der Waals surface area contributed by atoms with E-state index in [1.165, 1.54) is 263 Å². The van der Waals surface area contributed by atoms with Crippen molar-refractivity contribution < 1.29 is 28.6 Å². The maximum absolute atomic E-state index is 12.9. The van der Waals surface area contributed by atoms with Crippen LogP contribution in [0.2, 0.25) is 0 Å². The van der Waals surface area contributed by atoms with Crippen LogP contribution in [-0.2, 0) is 28.6 Å². The molecule has 0 amide bonds. The van der Waals surface area contributed by atoms with E-state index in [4.69, 9.17) is 14.2 Å². The molecule has 0 rings (SSSR count). The summed E-state index contributed by atoms with van der Waals surface area (Å²) in [6.07, 6.45) is 80.1. The molecular formula is C70H130O6. The van der Waals surface area contributed by atoms with E-state index in [1.54, 1.807) is 0 Å². The topological polar surface area (TPSA) is 78.9 Å². The highest BCUT2D eigenvalue weighted by molar-refractivity contribution is 5.71. The van der Waals surface area contributed by atoms with Gasteiger partial charge in [-0.2, -0.15) is 0 Å². The predicted molar refractivity (Wildman–Crippen MR) is 330 cm³/mol. The minimum Gasteiger partial charge on any atom is -0.462 e. The summed E-state index contributed by atoms with van der Waals surface area (Å²) in [4.78, 5) is 38.4. The zero-order valence-electron chi connectivity index (χ0n) is 51.3. The number of hydrogen-bond donors (Lipinski definition) is 0. The molecule has 0 aliphatic heterocycles. The normalized spacial score (nSPS) is 12.2. The van der Waals surface area contributed by atoms with Gasteiger partial charge in [0.05, 0.1) is 0 Å². The molecule has 0 spiro atoms. The number of unbranched alkanes of at least 4 members (excludes halogenated alkanes) is 46. The third-order valence-corrected chi connectivity index (χ3v) is 15.4. The van der Waals surface area contributed by atoms with E-state index in [-0.39, 0.29) is 31.1 Å². The minimum atomic E-state index is -0.775. The van der Waals surface area contributed by atoms with Crippen LogP contribution in [0.25, 0.3) is 0 Å². The van der Waals surface area contributed by atoms with Gasteiger partial charge in [0, 0.05) is 19.3 Å². The van der Waals surface area contributed by atoms with Crippen molar-refractivity contribution in [3.8, 4) is 0 Å². The first-order valence-electron chi connectivity index (χ1n) is 34.0. The molecule has 0 saturated carbocycles. The monoisotopic (exact) mass is 1070 g/mol. The number of esters is 3. The van der Waals surface area contributed by atoms with Crippen molar-refractivity contribution in [2.75, 3.05) is 13.2 Å². The Labute approximate surface area is 474 Å². The summed E-state index contributed by atoms with van der Waals surface area (Å²) in [6, 6.07) is 0. The van der Waals surface area contributed by atoms with Gasteiger partial charge in [-0.3, -0.25) is 14.4 Å². The predicted octanol–water partition coefficient (Wildman–Crippen LogP) is 23.2. The third-order valence-electron chi connectivity index (χ3n) is 15.4. The van der Waals surface area contributed by atoms with Crippen LogP contribution >= 0.6 is 0 Å². The van der Waals surface area contributed by atoms with E-state index in [2.05, 4.69) is 57.2 Å². The Bertz CT molecular complexity index is 1270. The van der Waals surface area contributed by atoms with Crippen LogP contribution in [0.1, 0.15) is 374 Å². The SMILES string of the molecule is CCCCCCC/C=C\C/C=C\CCCCCCCCCCCCCC(=O)OCC(COC(=O)CCCCCCC/C=C\CCCCCCCC)OC(=O)CCCCCCCCCCCCCCCCCCCCCC. The average molecular weight is 1070 g/mol.